The van der Waals surface area contributed by atoms with Crippen molar-refractivity contribution in [1.29, 1.82) is 0 Å². The molecule has 0 aliphatic heterocycles. The van der Waals surface area contributed by atoms with Crippen molar-refractivity contribution in [2.45, 2.75) is 12.1 Å². The van der Waals surface area contributed by atoms with E-state index in [9.17, 15) is 0 Å². The average Bonchev–Trinajstić information content (AvgIpc) is 2.76. The Morgan fingerprint density at radius 3 is 1.86 bits per heavy atom. The van der Waals surface area contributed by atoms with Gasteiger partial charge in [-0.25, -0.2) is 0 Å². The van der Waals surface area contributed by atoms with Crippen LogP contribution in [-0.2, 0) is 0 Å². The summed E-state index contributed by atoms with van der Waals surface area (Å²) in [7, 11) is -0.162. The standard InChI is InChI=1S/C10H16N2Si2/c1-8(13-9-4-2-6-11-9)14-10-5-3-7-12-10/h2-8,11-12H,13-14H2,1H3. The summed E-state index contributed by atoms with van der Waals surface area (Å²) in [6, 6.07) is 8.66. The van der Waals surface area contributed by atoms with Crippen LogP contribution in [0.2, 0.25) is 5.16 Å². The minimum atomic E-state index is -0.0809. The quantitative estimate of drug-likeness (QED) is 0.645. The van der Waals surface area contributed by atoms with Crippen molar-refractivity contribution in [3.63, 3.8) is 0 Å². The van der Waals surface area contributed by atoms with Gasteiger partial charge >= 0.3 is 0 Å². The molecule has 0 radical (unpaired) electrons. The molecule has 0 atom stereocenters. The maximum absolute atomic E-state index is 3.32. The van der Waals surface area contributed by atoms with Crippen LogP contribution < -0.4 is 10.6 Å². The molecule has 0 saturated heterocycles. The Hall–Kier alpha value is -1.01. The van der Waals surface area contributed by atoms with E-state index < -0.39 is 0 Å². The second kappa shape index (κ2) is 4.48. The lowest BCUT2D eigenvalue weighted by atomic mass is 10.7. The molecule has 0 aliphatic carbocycles. The van der Waals surface area contributed by atoms with Gasteiger partial charge in [0.05, 0.1) is 19.0 Å². The van der Waals surface area contributed by atoms with Gasteiger partial charge in [-0.2, -0.15) is 0 Å². The van der Waals surface area contributed by atoms with Gasteiger partial charge < -0.3 is 9.97 Å². The highest BCUT2D eigenvalue weighted by atomic mass is 28.3. The monoisotopic (exact) mass is 220 g/mol. The number of nitrogens with one attached hydrogen (secondary N) is 2. The number of H-pyrrole nitrogens is 2. The predicted molar refractivity (Wildman–Crippen MR) is 67.4 cm³/mol. The minimum Gasteiger partial charge on any atom is -0.369 e. The lowest BCUT2D eigenvalue weighted by Gasteiger charge is -2.06. The Balaban J connectivity index is 1.88. The summed E-state index contributed by atoms with van der Waals surface area (Å²) in [6.07, 6.45) is 4.07. The van der Waals surface area contributed by atoms with Gasteiger partial charge in [0.1, 0.15) is 0 Å². The van der Waals surface area contributed by atoms with Gasteiger partial charge in [-0.3, -0.25) is 0 Å². The highest BCUT2D eigenvalue weighted by Crippen LogP contribution is 1.97. The molecule has 0 amide bonds. The maximum atomic E-state index is 3.32. The summed E-state index contributed by atoms with van der Waals surface area (Å²) in [4.78, 5) is 6.64. The third-order valence-electron chi connectivity index (χ3n) is 2.46. The first-order valence-corrected chi connectivity index (χ1v) is 8.14. The summed E-state index contributed by atoms with van der Waals surface area (Å²) >= 11 is 0. The molecule has 2 aromatic heterocycles. The van der Waals surface area contributed by atoms with Crippen LogP contribution in [0, 0.1) is 0 Å². The fraction of sp³-hybridized carbons (Fsp3) is 0.200. The first kappa shape index (κ1) is 9.55. The van der Waals surface area contributed by atoms with Crippen LogP contribution in [0.1, 0.15) is 6.92 Å². The minimum absolute atomic E-state index is 0.0809. The van der Waals surface area contributed by atoms with Crippen molar-refractivity contribution in [3.05, 3.63) is 36.7 Å². The number of hydrogen-bond acceptors (Lipinski definition) is 0. The molecular formula is C10H16N2Si2. The van der Waals surface area contributed by atoms with Gasteiger partial charge in [0.25, 0.3) is 0 Å². The highest BCUT2D eigenvalue weighted by molar-refractivity contribution is 6.72. The van der Waals surface area contributed by atoms with Crippen LogP contribution in [0.3, 0.4) is 0 Å². The molecule has 2 rings (SSSR count). The van der Waals surface area contributed by atoms with Crippen LogP contribution in [0.5, 0.6) is 0 Å². The molecule has 0 spiro atoms. The van der Waals surface area contributed by atoms with E-state index in [-0.39, 0.29) is 19.0 Å². The molecule has 2 aromatic rings. The molecule has 74 valence electrons. The first-order chi connectivity index (χ1) is 6.84. The third kappa shape index (κ3) is 2.49. The Labute approximate surface area is 88.8 Å². The van der Waals surface area contributed by atoms with E-state index in [1.165, 1.54) is 10.6 Å². The van der Waals surface area contributed by atoms with Crippen LogP contribution in [0.4, 0.5) is 0 Å². The van der Waals surface area contributed by atoms with Crippen molar-refractivity contribution in [3.8, 4) is 0 Å². The van der Waals surface area contributed by atoms with Crippen LogP contribution in [0.15, 0.2) is 36.7 Å². The first-order valence-electron chi connectivity index (χ1n) is 5.09. The molecule has 2 heterocycles. The second-order valence-corrected chi connectivity index (χ2v) is 10.2. The van der Waals surface area contributed by atoms with Gasteiger partial charge in [0, 0.05) is 12.4 Å². The van der Waals surface area contributed by atoms with Crippen molar-refractivity contribution in [1.82, 2.24) is 9.97 Å². The van der Waals surface area contributed by atoms with Gasteiger partial charge in [-0.05, 0) is 34.9 Å². The molecule has 2 N–H and O–H groups in total. The molecule has 0 bridgehead atoms. The molecule has 2 nitrogen and oxygen atoms in total. The van der Waals surface area contributed by atoms with E-state index in [1.54, 1.807) is 0 Å². The van der Waals surface area contributed by atoms with Crippen molar-refractivity contribution in [2.75, 3.05) is 0 Å². The van der Waals surface area contributed by atoms with Gasteiger partial charge in [-0.1, -0.05) is 12.1 Å². The lowest BCUT2D eigenvalue weighted by molar-refractivity contribution is 1.31. The number of aromatic amines is 2. The fourth-order valence-corrected chi connectivity index (χ4v) is 6.77. The van der Waals surface area contributed by atoms with Crippen molar-refractivity contribution in [2.24, 2.45) is 0 Å². The van der Waals surface area contributed by atoms with E-state index in [0.29, 0.717) is 0 Å². The molecule has 14 heavy (non-hydrogen) atoms. The van der Waals surface area contributed by atoms with E-state index in [2.05, 4.69) is 41.2 Å². The highest BCUT2D eigenvalue weighted by Gasteiger charge is 2.07. The maximum Gasteiger partial charge on any atom is 0.0754 e. The Bertz CT molecular complexity index is 317. The average molecular weight is 220 g/mol. The molecular weight excluding hydrogens is 204 g/mol. The summed E-state index contributed by atoms with van der Waals surface area (Å²) in [5, 5.41) is 3.94. The zero-order chi connectivity index (χ0) is 9.80. The number of rotatable bonds is 4. The Morgan fingerprint density at radius 1 is 1.00 bits per heavy atom. The lowest BCUT2D eigenvalue weighted by Crippen LogP contribution is -2.28. The second-order valence-electron chi connectivity index (χ2n) is 3.90. The zero-order valence-corrected chi connectivity index (χ0v) is 11.3. The topological polar surface area (TPSA) is 31.6 Å². The van der Waals surface area contributed by atoms with E-state index in [0.717, 1.165) is 5.16 Å². The molecule has 0 aliphatic rings. The Morgan fingerprint density at radius 2 is 1.50 bits per heavy atom. The van der Waals surface area contributed by atoms with Gasteiger partial charge in [-0.15, -0.1) is 0 Å². The van der Waals surface area contributed by atoms with Crippen molar-refractivity contribution < 1.29 is 0 Å². The van der Waals surface area contributed by atoms with E-state index in [4.69, 9.17) is 0 Å². The van der Waals surface area contributed by atoms with E-state index >= 15 is 0 Å². The Kier molecular flexibility index (Phi) is 3.05. The van der Waals surface area contributed by atoms with Crippen molar-refractivity contribution >= 4 is 29.7 Å². The molecule has 0 fully saturated rings. The normalized spacial score (nSPS) is 14.6. The van der Waals surface area contributed by atoms with Gasteiger partial charge in [0.2, 0.25) is 0 Å². The third-order valence-corrected chi connectivity index (χ3v) is 7.35. The van der Waals surface area contributed by atoms with E-state index in [1.807, 2.05) is 12.4 Å². The predicted octanol–water partition coefficient (Wildman–Crippen LogP) is -0.603. The van der Waals surface area contributed by atoms with Crippen LogP contribution in [-0.4, -0.2) is 29.0 Å². The fourth-order valence-electron chi connectivity index (χ4n) is 1.81. The largest absolute Gasteiger partial charge is 0.369 e. The summed E-state index contributed by atoms with van der Waals surface area (Å²) in [5.74, 6) is 0. The molecule has 0 aromatic carbocycles. The van der Waals surface area contributed by atoms with Gasteiger partial charge in [0.15, 0.2) is 0 Å². The smallest absolute Gasteiger partial charge is 0.0754 e. The molecule has 4 heteroatoms. The summed E-state index contributed by atoms with van der Waals surface area (Å²) in [5.41, 5.74) is 0. The number of aromatic nitrogens is 2. The SMILES string of the molecule is CC([SiH2]c1ccc[nH]1)[SiH2]c1ccc[nH]1. The summed E-state index contributed by atoms with van der Waals surface area (Å²) in [6.45, 7) is 2.40. The number of hydrogen-bond donors (Lipinski definition) is 2. The summed E-state index contributed by atoms with van der Waals surface area (Å²) < 4.78 is 0. The molecule has 0 unspecified atom stereocenters. The zero-order valence-electron chi connectivity index (χ0n) is 8.46. The van der Waals surface area contributed by atoms with Crippen LogP contribution >= 0.6 is 0 Å². The molecule has 0 saturated carbocycles. The van der Waals surface area contributed by atoms with Crippen LogP contribution in [0.25, 0.3) is 0 Å².